The minimum Gasteiger partial charge on any atom is -0.462 e. The maximum atomic E-state index is 9.63. The van der Waals surface area contributed by atoms with Gasteiger partial charge in [-0.05, 0) is 18.4 Å². The topological polar surface area (TPSA) is 40.5 Å². The van der Waals surface area contributed by atoms with Crippen LogP contribution < -0.4 is 0 Å². The molecule has 0 aliphatic carbocycles. The molecule has 1 aromatic rings. The Kier molecular flexibility index (Phi) is 2.94. The molecule has 2 N–H and O–H groups in total. The van der Waals surface area contributed by atoms with Crippen molar-refractivity contribution in [1.82, 2.24) is 0 Å². The maximum Gasteiger partial charge on any atom is 0.130 e. The number of rotatable bonds is 2. The quantitative estimate of drug-likeness (QED) is 0.667. The van der Waals surface area contributed by atoms with Gasteiger partial charge >= 0.3 is 0 Å². The number of benzene rings is 1. The first-order valence-corrected chi connectivity index (χ1v) is 4.07. The van der Waals surface area contributed by atoms with Crippen LogP contribution in [0.4, 0.5) is 0 Å². The Balaban J connectivity index is 2.73. The summed E-state index contributed by atoms with van der Waals surface area (Å²) in [5, 5.41) is 18.0. The molecule has 0 radical (unpaired) electrons. The van der Waals surface area contributed by atoms with E-state index in [2.05, 4.69) is 5.92 Å². The molecule has 0 amide bonds. The van der Waals surface area contributed by atoms with E-state index in [1.807, 2.05) is 30.3 Å². The van der Waals surface area contributed by atoms with Crippen LogP contribution >= 0.6 is 0 Å². The van der Waals surface area contributed by atoms with E-state index >= 15 is 0 Å². The molecule has 0 aliphatic rings. The van der Waals surface area contributed by atoms with E-state index in [0.29, 0.717) is 6.42 Å². The van der Waals surface area contributed by atoms with Crippen LogP contribution in [0.25, 0.3) is 0 Å². The van der Waals surface area contributed by atoms with Crippen LogP contribution in [0.15, 0.2) is 30.3 Å². The molecule has 0 saturated carbocycles. The minimum absolute atomic E-state index is 0.418. The summed E-state index contributed by atoms with van der Waals surface area (Å²) in [6.45, 7) is 1.57. The Labute approximate surface area is 77.8 Å². The molecule has 0 aromatic heterocycles. The van der Waals surface area contributed by atoms with Crippen LogP contribution in [0.5, 0.6) is 0 Å². The van der Waals surface area contributed by atoms with E-state index in [9.17, 15) is 5.11 Å². The second-order valence-corrected chi connectivity index (χ2v) is 3.17. The fourth-order valence-corrected chi connectivity index (χ4v) is 1.16. The molecule has 1 rings (SSSR count). The summed E-state index contributed by atoms with van der Waals surface area (Å²) in [5.41, 5.74) is -0.161. The lowest BCUT2D eigenvalue weighted by Gasteiger charge is -2.15. The van der Waals surface area contributed by atoms with Crippen molar-refractivity contribution < 1.29 is 10.2 Å². The van der Waals surface area contributed by atoms with Crippen molar-refractivity contribution in [2.45, 2.75) is 18.9 Å². The summed E-state index contributed by atoms with van der Waals surface area (Å²) in [7, 11) is 0. The number of hydrogen-bond acceptors (Lipinski definition) is 2. The van der Waals surface area contributed by atoms with Gasteiger partial charge in [0.05, 0.1) is 0 Å². The Morgan fingerprint density at radius 3 is 2.46 bits per heavy atom. The van der Waals surface area contributed by atoms with E-state index in [1.54, 1.807) is 13.0 Å². The summed E-state index contributed by atoms with van der Waals surface area (Å²) in [4.78, 5) is 0. The smallest absolute Gasteiger partial charge is 0.130 e. The Morgan fingerprint density at radius 1 is 1.31 bits per heavy atom. The second-order valence-electron chi connectivity index (χ2n) is 3.17. The molecular formula is C11H12O2. The number of hydrogen-bond donors (Lipinski definition) is 2. The van der Waals surface area contributed by atoms with E-state index < -0.39 is 5.60 Å². The SMILES string of the molecule is CC(O)(C#CO)Cc1ccccc1. The molecule has 1 aromatic carbocycles. The monoisotopic (exact) mass is 176 g/mol. The van der Waals surface area contributed by atoms with Crippen LogP contribution in [0.2, 0.25) is 0 Å². The molecule has 0 bridgehead atoms. The summed E-state index contributed by atoms with van der Waals surface area (Å²) in [5.74, 6) is 2.33. The van der Waals surface area contributed by atoms with Crippen molar-refractivity contribution in [3.8, 4) is 12.0 Å². The van der Waals surface area contributed by atoms with Crippen LogP contribution in [0.1, 0.15) is 12.5 Å². The van der Waals surface area contributed by atoms with Crippen LogP contribution in [-0.2, 0) is 6.42 Å². The zero-order chi connectivity index (χ0) is 9.73. The van der Waals surface area contributed by atoms with E-state index in [0.717, 1.165) is 5.56 Å². The van der Waals surface area contributed by atoms with Crippen LogP contribution in [0.3, 0.4) is 0 Å². The largest absolute Gasteiger partial charge is 0.462 e. The molecule has 13 heavy (non-hydrogen) atoms. The summed E-state index contributed by atoms with van der Waals surface area (Å²) >= 11 is 0. The number of aliphatic hydroxyl groups is 2. The maximum absolute atomic E-state index is 9.63. The Bertz CT molecular complexity index is 317. The van der Waals surface area contributed by atoms with E-state index in [4.69, 9.17) is 5.11 Å². The molecular weight excluding hydrogens is 164 g/mol. The van der Waals surface area contributed by atoms with Gasteiger partial charge in [0.2, 0.25) is 0 Å². The molecule has 0 fully saturated rings. The Morgan fingerprint density at radius 2 is 1.92 bits per heavy atom. The average Bonchev–Trinajstić information content (AvgIpc) is 2.04. The lowest BCUT2D eigenvalue weighted by atomic mass is 9.98. The molecule has 0 spiro atoms. The van der Waals surface area contributed by atoms with E-state index in [1.165, 1.54) is 0 Å². The highest BCUT2D eigenvalue weighted by molar-refractivity contribution is 5.21. The van der Waals surface area contributed by atoms with Crippen LogP contribution in [-0.4, -0.2) is 15.8 Å². The molecule has 1 atom stereocenters. The normalized spacial score (nSPS) is 14.0. The summed E-state index contributed by atoms with van der Waals surface area (Å²) in [6, 6.07) is 9.53. The van der Waals surface area contributed by atoms with Gasteiger partial charge in [-0.25, -0.2) is 0 Å². The van der Waals surface area contributed by atoms with Gasteiger partial charge in [0.15, 0.2) is 0 Å². The zero-order valence-electron chi connectivity index (χ0n) is 7.49. The molecule has 2 heteroatoms. The average molecular weight is 176 g/mol. The predicted octanol–water partition coefficient (Wildman–Crippen LogP) is 1.31. The highest BCUT2D eigenvalue weighted by atomic mass is 16.3. The van der Waals surface area contributed by atoms with Crippen molar-refractivity contribution in [3.63, 3.8) is 0 Å². The molecule has 2 nitrogen and oxygen atoms in total. The minimum atomic E-state index is -1.16. The van der Waals surface area contributed by atoms with Crippen molar-refractivity contribution in [2.75, 3.05) is 0 Å². The summed E-state index contributed by atoms with van der Waals surface area (Å²) < 4.78 is 0. The first-order chi connectivity index (χ1) is 6.14. The fraction of sp³-hybridized carbons (Fsp3) is 0.273. The third kappa shape index (κ3) is 3.18. The van der Waals surface area contributed by atoms with Crippen molar-refractivity contribution in [3.05, 3.63) is 35.9 Å². The molecule has 0 saturated heterocycles. The van der Waals surface area contributed by atoms with Crippen molar-refractivity contribution in [2.24, 2.45) is 0 Å². The predicted molar refractivity (Wildman–Crippen MR) is 50.5 cm³/mol. The highest BCUT2D eigenvalue weighted by Crippen LogP contribution is 2.11. The van der Waals surface area contributed by atoms with Gasteiger partial charge < -0.3 is 10.2 Å². The van der Waals surface area contributed by atoms with Crippen molar-refractivity contribution in [1.29, 1.82) is 0 Å². The number of aliphatic hydroxyl groups excluding tert-OH is 1. The third-order valence-electron chi connectivity index (χ3n) is 1.72. The third-order valence-corrected chi connectivity index (χ3v) is 1.72. The van der Waals surface area contributed by atoms with E-state index in [-0.39, 0.29) is 0 Å². The highest BCUT2D eigenvalue weighted by Gasteiger charge is 2.17. The van der Waals surface area contributed by atoms with Gasteiger partial charge in [-0.3, -0.25) is 0 Å². The molecule has 0 aliphatic heterocycles. The standard InChI is InChI=1S/C11H12O2/c1-11(13,7-8-12)9-10-5-3-2-4-6-10/h2-6,12-13H,9H2,1H3. The Hall–Kier alpha value is -1.46. The van der Waals surface area contributed by atoms with Gasteiger partial charge in [-0.1, -0.05) is 30.3 Å². The van der Waals surface area contributed by atoms with Gasteiger partial charge in [-0.2, -0.15) is 0 Å². The summed E-state index contributed by atoms with van der Waals surface area (Å²) in [6.07, 6.45) is 2.15. The van der Waals surface area contributed by atoms with Crippen LogP contribution in [0, 0.1) is 12.0 Å². The lowest BCUT2D eigenvalue weighted by Crippen LogP contribution is -2.24. The first-order valence-electron chi connectivity index (χ1n) is 4.07. The lowest BCUT2D eigenvalue weighted by molar-refractivity contribution is 0.122. The van der Waals surface area contributed by atoms with Gasteiger partial charge in [-0.15, -0.1) is 0 Å². The molecule has 0 heterocycles. The second kappa shape index (κ2) is 3.97. The molecule has 68 valence electrons. The van der Waals surface area contributed by atoms with Crippen molar-refractivity contribution >= 4 is 0 Å². The van der Waals surface area contributed by atoms with Gasteiger partial charge in [0.25, 0.3) is 0 Å². The van der Waals surface area contributed by atoms with Gasteiger partial charge in [0, 0.05) is 6.42 Å². The zero-order valence-corrected chi connectivity index (χ0v) is 7.49. The fourth-order valence-electron chi connectivity index (χ4n) is 1.16. The van der Waals surface area contributed by atoms with Gasteiger partial charge in [0.1, 0.15) is 11.7 Å². The first kappa shape index (κ1) is 9.63. The molecule has 1 unspecified atom stereocenters.